The fourth-order valence-electron chi connectivity index (χ4n) is 2.22. The first-order valence-electron chi connectivity index (χ1n) is 6.85. The van der Waals surface area contributed by atoms with E-state index in [4.69, 9.17) is 9.47 Å². The van der Waals surface area contributed by atoms with Crippen LogP contribution in [0.5, 0.6) is 11.5 Å². The Hall–Kier alpha value is -2.07. The molecule has 2 atom stereocenters. The van der Waals surface area contributed by atoms with Crippen molar-refractivity contribution < 1.29 is 9.47 Å². The molecule has 1 aliphatic rings. The Balaban J connectivity index is 1.55. The average Bonchev–Trinajstić information content (AvgIpc) is 2.53. The van der Waals surface area contributed by atoms with Crippen molar-refractivity contribution in [1.29, 1.82) is 0 Å². The maximum atomic E-state index is 5.92. The maximum Gasteiger partial charge on any atom is 0.161 e. The van der Waals surface area contributed by atoms with Crippen LogP contribution in [-0.2, 0) is 0 Å². The molecule has 1 aromatic heterocycles. The third-order valence-electron chi connectivity index (χ3n) is 3.40. The highest BCUT2D eigenvalue weighted by Crippen LogP contribution is 2.30. The van der Waals surface area contributed by atoms with E-state index in [0.29, 0.717) is 6.61 Å². The first-order chi connectivity index (χ1) is 9.83. The molecule has 0 amide bonds. The largest absolute Gasteiger partial charge is 0.486 e. The van der Waals surface area contributed by atoms with Gasteiger partial charge in [0.05, 0.1) is 0 Å². The normalized spacial score (nSPS) is 18.6. The molecule has 0 spiro atoms. The van der Waals surface area contributed by atoms with Gasteiger partial charge in [0.25, 0.3) is 0 Å². The topological polar surface area (TPSA) is 43.4 Å². The Kier molecular flexibility index (Phi) is 3.83. The van der Waals surface area contributed by atoms with Crippen LogP contribution in [0.25, 0.3) is 0 Å². The van der Waals surface area contributed by atoms with E-state index >= 15 is 0 Å². The fraction of sp³-hybridized carbons (Fsp3) is 0.312. The minimum atomic E-state index is 0.0315. The van der Waals surface area contributed by atoms with E-state index < -0.39 is 0 Å². The summed E-state index contributed by atoms with van der Waals surface area (Å²) in [5, 5.41) is 3.45. The van der Waals surface area contributed by atoms with E-state index in [0.717, 1.165) is 18.0 Å². The van der Waals surface area contributed by atoms with E-state index in [1.807, 2.05) is 36.5 Å². The molecule has 2 aromatic rings. The number of benzene rings is 1. The molecule has 104 valence electrons. The first-order valence-corrected chi connectivity index (χ1v) is 6.85. The molecule has 0 bridgehead atoms. The third-order valence-corrected chi connectivity index (χ3v) is 3.40. The highest BCUT2D eigenvalue weighted by molar-refractivity contribution is 5.40. The summed E-state index contributed by atoms with van der Waals surface area (Å²) < 4.78 is 11.6. The molecular formula is C16H18N2O2. The van der Waals surface area contributed by atoms with Crippen molar-refractivity contribution in [2.24, 2.45) is 0 Å². The van der Waals surface area contributed by atoms with Crippen molar-refractivity contribution in [2.45, 2.75) is 19.1 Å². The fourth-order valence-corrected chi connectivity index (χ4v) is 2.22. The van der Waals surface area contributed by atoms with E-state index in [2.05, 4.69) is 23.3 Å². The summed E-state index contributed by atoms with van der Waals surface area (Å²) in [6, 6.07) is 12.0. The number of rotatable bonds is 4. The molecule has 20 heavy (non-hydrogen) atoms. The minimum absolute atomic E-state index is 0.0315. The lowest BCUT2D eigenvalue weighted by Crippen LogP contribution is -2.39. The number of ether oxygens (including phenoxy) is 2. The van der Waals surface area contributed by atoms with Crippen molar-refractivity contribution in [2.75, 3.05) is 13.2 Å². The van der Waals surface area contributed by atoms with Crippen LogP contribution in [-0.4, -0.2) is 24.2 Å². The highest BCUT2D eigenvalue weighted by Gasteiger charge is 2.20. The third kappa shape index (κ3) is 2.91. The summed E-state index contributed by atoms with van der Waals surface area (Å²) in [5.41, 5.74) is 1.17. The van der Waals surface area contributed by atoms with Crippen molar-refractivity contribution in [3.8, 4) is 11.5 Å². The minimum Gasteiger partial charge on any atom is -0.486 e. The molecule has 0 fully saturated rings. The van der Waals surface area contributed by atoms with Crippen LogP contribution in [0.4, 0.5) is 0 Å². The van der Waals surface area contributed by atoms with Gasteiger partial charge in [0, 0.05) is 25.0 Å². The second kappa shape index (κ2) is 5.92. The molecular weight excluding hydrogens is 252 g/mol. The Morgan fingerprint density at radius 3 is 2.90 bits per heavy atom. The van der Waals surface area contributed by atoms with Gasteiger partial charge in [-0.2, -0.15) is 0 Å². The lowest BCUT2D eigenvalue weighted by Gasteiger charge is -2.27. The highest BCUT2D eigenvalue weighted by atomic mass is 16.6. The van der Waals surface area contributed by atoms with Gasteiger partial charge in [-0.1, -0.05) is 18.2 Å². The lowest BCUT2D eigenvalue weighted by atomic mass is 10.1. The van der Waals surface area contributed by atoms with Gasteiger partial charge in [0.2, 0.25) is 0 Å². The Morgan fingerprint density at radius 1 is 1.25 bits per heavy atom. The van der Waals surface area contributed by atoms with Crippen LogP contribution in [0.3, 0.4) is 0 Å². The molecule has 1 aliphatic heterocycles. The predicted molar refractivity (Wildman–Crippen MR) is 77.0 cm³/mol. The van der Waals surface area contributed by atoms with Crippen molar-refractivity contribution >= 4 is 0 Å². The summed E-state index contributed by atoms with van der Waals surface area (Å²) in [7, 11) is 0. The monoisotopic (exact) mass is 270 g/mol. The van der Waals surface area contributed by atoms with Gasteiger partial charge >= 0.3 is 0 Å². The summed E-state index contributed by atoms with van der Waals surface area (Å²) in [6.45, 7) is 3.43. The van der Waals surface area contributed by atoms with Gasteiger partial charge < -0.3 is 14.8 Å². The van der Waals surface area contributed by atoms with E-state index in [-0.39, 0.29) is 12.1 Å². The Morgan fingerprint density at radius 2 is 2.10 bits per heavy atom. The van der Waals surface area contributed by atoms with E-state index in [9.17, 15) is 0 Å². The summed E-state index contributed by atoms with van der Waals surface area (Å²) in [6.07, 6.45) is 3.69. The standard InChI is InChI=1S/C16H18N2O2/c1-12(13-5-4-8-17-9-13)18-10-14-11-19-15-6-2-3-7-16(15)20-14/h2-9,12,14,18H,10-11H2,1H3/t12-,14-/m0/s1. The number of fused-ring (bicyclic) bond motifs is 1. The smallest absolute Gasteiger partial charge is 0.161 e. The maximum absolute atomic E-state index is 5.92. The Labute approximate surface area is 118 Å². The molecule has 0 saturated heterocycles. The number of aromatic nitrogens is 1. The zero-order valence-electron chi connectivity index (χ0n) is 11.5. The summed E-state index contributed by atoms with van der Waals surface area (Å²) >= 11 is 0. The summed E-state index contributed by atoms with van der Waals surface area (Å²) in [5.74, 6) is 1.64. The molecule has 1 N–H and O–H groups in total. The lowest BCUT2D eigenvalue weighted by molar-refractivity contribution is 0.0886. The molecule has 0 saturated carbocycles. The first kappa shape index (κ1) is 12.9. The number of hydrogen-bond acceptors (Lipinski definition) is 4. The quantitative estimate of drug-likeness (QED) is 0.927. The van der Waals surface area contributed by atoms with Gasteiger partial charge in [-0.05, 0) is 30.7 Å². The van der Waals surface area contributed by atoms with Crippen LogP contribution in [0, 0.1) is 0 Å². The second-order valence-corrected chi connectivity index (χ2v) is 4.91. The number of para-hydroxylation sites is 2. The van der Waals surface area contributed by atoms with Crippen LogP contribution < -0.4 is 14.8 Å². The zero-order chi connectivity index (χ0) is 13.8. The van der Waals surface area contributed by atoms with Crippen LogP contribution in [0.2, 0.25) is 0 Å². The summed E-state index contributed by atoms with van der Waals surface area (Å²) in [4.78, 5) is 4.13. The number of pyridine rings is 1. The molecule has 4 heteroatoms. The number of nitrogens with one attached hydrogen (secondary N) is 1. The molecule has 1 aromatic carbocycles. The van der Waals surface area contributed by atoms with E-state index in [1.165, 1.54) is 5.56 Å². The van der Waals surface area contributed by atoms with Crippen LogP contribution >= 0.6 is 0 Å². The Bertz CT molecular complexity index is 559. The van der Waals surface area contributed by atoms with E-state index in [1.54, 1.807) is 6.20 Å². The molecule has 3 rings (SSSR count). The average molecular weight is 270 g/mol. The van der Waals surface area contributed by atoms with Gasteiger partial charge in [0.1, 0.15) is 12.7 Å². The van der Waals surface area contributed by atoms with Crippen molar-refractivity contribution in [1.82, 2.24) is 10.3 Å². The van der Waals surface area contributed by atoms with Crippen molar-refractivity contribution in [3.05, 3.63) is 54.4 Å². The SMILES string of the molecule is C[C@H](NC[C@H]1COc2ccccc2O1)c1cccnc1. The van der Waals surface area contributed by atoms with Crippen LogP contribution in [0.1, 0.15) is 18.5 Å². The molecule has 0 aliphatic carbocycles. The van der Waals surface area contributed by atoms with Gasteiger partial charge in [-0.3, -0.25) is 4.98 Å². The number of hydrogen-bond donors (Lipinski definition) is 1. The zero-order valence-corrected chi connectivity index (χ0v) is 11.5. The molecule has 0 unspecified atom stereocenters. The molecule has 4 nitrogen and oxygen atoms in total. The van der Waals surface area contributed by atoms with Crippen molar-refractivity contribution in [3.63, 3.8) is 0 Å². The molecule has 0 radical (unpaired) electrons. The van der Waals surface area contributed by atoms with Gasteiger partial charge in [-0.25, -0.2) is 0 Å². The second-order valence-electron chi connectivity index (χ2n) is 4.91. The van der Waals surface area contributed by atoms with Crippen LogP contribution in [0.15, 0.2) is 48.8 Å². The van der Waals surface area contributed by atoms with Gasteiger partial charge in [-0.15, -0.1) is 0 Å². The predicted octanol–water partition coefficient (Wildman–Crippen LogP) is 2.57. The van der Waals surface area contributed by atoms with Gasteiger partial charge in [0.15, 0.2) is 11.5 Å². The number of nitrogens with zero attached hydrogens (tertiary/aromatic N) is 1. The molecule has 2 heterocycles.